The summed E-state index contributed by atoms with van der Waals surface area (Å²) in [5.41, 5.74) is 0. The van der Waals surface area contributed by atoms with Crippen LogP contribution in [0.15, 0.2) is 0 Å². The molecule has 4 nitrogen and oxygen atoms in total. The molecule has 0 radical (unpaired) electrons. The number of ether oxygens (including phenoxy) is 1. The highest BCUT2D eigenvalue weighted by Gasteiger charge is 2.63. The summed E-state index contributed by atoms with van der Waals surface area (Å²) in [6, 6.07) is 0. The molecule has 0 bridgehead atoms. The van der Waals surface area contributed by atoms with Crippen molar-refractivity contribution < 1.29 is 32.6 Å². The zero-order chi connectivity index (χ0) is 11.9. The fraction of sp³-hybridized carbons (Fsp3) is 0.714. The van der Waals surface area contributed by atoms with Crippen molar-refractivity contribution in [2.24, 2.45) is 5.92 Å². The molecule has 15 heavy (non-hydrogen) atoms. The van der Waals surface area contributed by atoms with Gasteiger partial charge >= 0.3 is 12.1 Å². The van der Waals surface area contributed by atoms with Gasteiger partial charge in [0, 0.05) is 6.42 Å². The van der Waals surface area contributed by atoms with E-state index in [1.54, 1.807) is 0 Å². The third kappa shape index (κ3) is 2.10. The Balaban J connectivity index is 2.88. The van der Waals surface area contributed by atoms with E-state index in [4.69, 9.17) is 5.11 Å². The first-order chi connectivity index (χ1) is 6.71. The van der Waals surface area contributed by atoms with Gasteiger partial charge in [-0.2, -0.15) is 13.2 Å². The van der Waals surface area contributed by atoms with Crippen LogP contribution in [0.4, 0.5) is 13.2 Å². The van der Waals surface area contributed by atoms with Gasteiger partial charge in [-0.1, -0.05) is 0 Å². The molecule has 0 aromatic rings. The number of hydrogen-bond acceptors (Lipinski definition) is 5. The first-order valence-corrected chi connectivity index (χ1v) is 4.63. The smallest absolute Gasteiger partial charge is 0.427 e. The van der Waals surface area contributed by atoms with Crippen LogP contribution < -0.4 is 0 Å². The number of methoxy groups -OCH3 is 1. The molecule has 1 saturated heterocycles. The van der Waals surface area contributed by atoms with Crippen molar-refractivity contribution in [1.29, 1.82) is 0 Å². The van der Waals surface area contributed by atoms with E-state index in [0.717, 1.165) is 7.11 Å². The molecule has 0 spiro atoms. The average molecular weight is 244 g/mol. The van der Waals surface area contributed by atoms with Crippen molar-refractivity contribution in [1.82, 2.24) is 0 Å². The molecule has 2 unspecified atom stereocenters. The number of aliphatic hydroxyl groups is 1. The van der Waals surface area contributed by atoms with Gasteiger partial charge in [-0.15, -0.1) is 0 Å². The van der Waals surface area contributed by atoms with E-state index in [-0.39, 0.29) is 11.8 Å². The Kier molecular flexibility index (Phi) is 3.01. The number of esters is 1. The van der Waals surface area contributed by atoms with Gasteiger partial charge in [0.1, 0.15) is 5.92 Å². The predicted octanol–water partition coefficient (Wildman–Crippen LogP) is 0.690. The molecular weight excluding hydrogens is 237 g/mol. The monoisotopic (exact) mass is 244 g/mol. The van der Waals surface area contributed by atoms with Crippen LogP contribution >= 0.6 is 11.8 Å². The van der Waals surface area contributed by atoms with Gasteiger partial charge in [0.05, 0.1) is 7.11 Å². The maximum Gasteiger partial charge on any atom is 0.427 e. The summed E-state index contributed by atoms with van der Waals surface area (Å²) in [7, 11) is 0.964. The predicted molar refractivity (Wildman–Crippen MR) is 43.7 cm³/mol. The third-order valence-electron chi connectivity index (χ3n) is 1.96. The molecule has 1 aliphatic rings. The Hall–Kier alpha value is -0.760. The molecule has 8 heteroatoms. The second kappa shape index (κ2) is 3.67. The number of hydrogen-bond donors (Lipinski definition) is 1. The Morgan fingerprint density at radius 2 is 2.20 bits per heavy atom. The summed E-state index contributed by atoms with van der Waals surface area (Å²) in [6.07, 6.45) is -5.94. The standard InChI is InChI=1S/C7H7F3O4S/c1-14-4(11)3-2-6(13,7(8,9)10)15-5(3)12/h3,13H,2H2,1H3. The summed E-state index contributed by atoms with van der Waals surface area (Å²) in [5, 5.41) is 8.10. The number of rotatable bonds is 1. The van der Waals surface area contributed by atoms with E-state index in [1.807, 2.05) is 0 Å². The fourth-order valence-corrected chi connectivity index (χ4v) is 2.16. The van der Waals surface area contributed by atoms with E-state index in [2.05, 4.69) is 4.74 Å². The van der Waals surface area contributed by atoms with Crippen LogP contribution in [0, 0.1) is 5.92 Å². The summed E-state index contributed by atoms with van der Waals surface area (Å²) in [5.74, 6) is -2.61. The molecule has 0 aromatic heterocycles. The number of alkyl halides is 3. The molecule has 1 fully saturated rings. The van der Waals surface area contributed by atoms with Gasteiger partial charge in [0.25, 0.3) is 0 Å². The van der Waals surface area contributed by atoms with Gasteiger partial charge in [-0.3, -0.25) is 9.59 Å². The molecular formula is C7H7F3O4S. The highest BCUT2D eigenvalue weighted by atomic mass is 32.2. The highest BCUT2D eigenvalue weighted by Crippen LogP contribution is 2.50. The topological polar surface area (TPSA) is 63.6 Å². The second-order valence-corrected chi connectivity index (χ2v) is 4.26. The van der Waals surface area contributed by atoms with Crippen LogP contribution in [0.3, 0.4) is 0 Å². The van der Waals surface area contributed by atoms with Crippen LogP contribution in [-0.2, 0) is 14.3 Å². The zero-order valence-corrected chi connectivity index (χ0v) is 8.32. The van der Waals surface area contributed by atoms with Gasteiger partial charge in [-0.25, -0.2) is 0 Å². The van der Waals surface area contributed by atoms with Crippen molar-refractivity contribution in [3.8, 4) is 0 Å². The van der Waals surface area contributed by atoms with Crippen molar-refractivity contribution >= 4 is 22.8 Å². The van der Waals surface area contributed by atoms with Crippen LogP contribution in [0.5, 0.6) is 0 Å². The average Bonchev–Trinajstić information content (AvgIpc) is 2.41. The lowest BCUT2D eigenvalue weighted by molar-refractivity contribution is -0.222. The minimum atomic E-state index is -4.95. The van der Waals surface area contributed by atoms with E-state index < -0.39 is 34.5 Å². The number of carbonyl (C=O) groups is 2. The summed E-state index contributed by atoms with van der Waals surface area (Å²) in [4.78, 5) is 18.8. The van der Waals surface area contributed by atoms with Gasteiger partial charge in [0.2, 0.25) is 10.0 Å². The molecule has 0 saturated carbocycles. The van der Waals surface area contributed by atoms with Crippen LogP contribution in [0.2, 0.25) is 0 Å². The minimum Gasteiger partial charge on any atom is -0.468 e. The van der Waals surface area contributed by atoms with E-state index in [9.17, 15) is 22.8 Å². The molecule has 1 heterocycles. The molecule has 0 amide bonds. The van der Waals surface area contributed by atoms with Gasteiger partial charge < -0.3 is 9.84 Å². The summed E-state index contributed by atoms with van der Waals surface area (Å²) in [6.45, 7) is 0. The Morgan fingerprint density at radius 3 is 2.53 bits per heavy atom. The Labute approximate surface area is 86.8 Å². The van der Waals surface area contributed by atoms with Crippen molar-refractivity contribution in [2.45, 2.75) is 17.5 Å². The summed E-state index contributed by atoms with van der Waals surface area (Å²) < 4.78 is 41.0. The molecule has 1 rings (SSSR count). The number of carbonyl (C=O) groups excluding carboxylic acids is 2. The maximum atomic E-state index is 12.3. The molecule has 0 aliphatic carbocycles. The highest BCUT2D eigenvalue weighted by molar-refractivity contribution is 8.15. The molecule has 1 aliphatic heterocycles. The molecule has 0 aromatic carbocycles. The van der Waals surface area contributed by atoms with E-state index in [1.165, 1.54) is 0 Å². The normalized spacial score (nSPS) is 31.8. The SMILES string of the molecule is COC(=O)C1CC(O)(C(F)(F)F)SC1=O. The third-order valence-corrected chi connectivity index (χ3v) is 3.18. The minimum absolute atomic E-state index is 0.283. The van der Waals surface area contributed by atoms with E-state index >= 15 is 0 Å². The quantitative estimate of drug-likeness (QED) is 0.543. The second-order valence-electron chi connectivity index (χ2n) is 2.98. The fourth-order valence-electron chi connectivity index (χ4n) is 1.13. The first kappa shape index (κ1) is 12.3. The van der Waals surface area contributed by atoms with Gasteiger partial charge in [-0.05, 0) is 11.8 Å². The van der Waals surface area contributed by atoms with Crippen molar-refractivity contribution in [3.05, 3.63) is 0 Å². The lowest BCUT2D eigenvalue weighted by atomic mass is 10.0. The number of thioether (sulfide) groups is 1. The van der Waals surface area contributed by atoms with Crippen molar-refractivity contribution in [3.63, 3.8) is 0 Å². The van der Waals surface area contributed by atoms with Crippen LogP contribution in [0.1, 0.15) is 6.42 Å². The van der Waals surface area contributed by atoms with Gasteiger partial charge in [0.15, 0.2) is 0 Å². The van der Waals surface area contributed by atoms with Crippen LogP contribution in [-0.4, -0.2) is 34.4 Å². The first-order valence-electron chi connectivity index (χ1n) is 3.81. The van der Waals surface area contributed by atoms with Crippen molar-refractivity contribution in [2.75, 3.05) is 7.11 Å². The lowest BCUT2D eigenvalue weighted by Gasteiger charge is -2.23. The Morgan fingerprint density at radius 1 is 1.67 bits per heavy atom. The molecule has 1 N–H and O–H groups in total. The Bertz CT molecular complexity index is 303. The lowest BCUT2D eigenvalue weighted by Crippen LogP contribution is -2.40. The summed E-state index contributed by atoms with van der Waals surface area (Å²) >= 11 is -0.283. The molecule has 2 atom stereocenters. The largest absolute Gasteiger partial charge is 0.468 e. The number of halogens is 3. The molecule has 86 valence electrons. The van der Waals surface area contributed by atoms with Crippen LogP contribution in [0.25, 0.3) is 0 Å². The van der Waals surface area contributed by atoms with E-state index in [0.29, 0.717) is 0 Å². The maximum absolute atomic E-state index is 12.3. The zero-order valence-electron chi connectivity index (χ0n) is 7.50.